The predicted octanol–water partition coefficient (Wildman–Crippen LogP) is -0.0599. The van der Waals surface area contributed by atoms with Crippen molar-refractivity contribution in [2.75, 3.05) is 0 Å². The molecule has 0 radical (unpaired) electrons. The second-order valence-corrected chi connectivity index (χ2v) is 1.28. The largest absolute Gasteiger partial charge is 0.187 e. The van der Waals surface area contributed by atoms with Crippen LogP contribution in [0.15, 0.2) is 0 Å². The molecule has 0 heterocycles. The molecule has 0 aliphatic heterocycles. The monoisotopic (exact) mass is 333 g/mol. The first-order valence-corrected chi connectivity index (χ1v) is 2.91. The molecule has 0 aliphatic rings. The fourth-order valence-electron chi connectivity index (χ4n) is 0.0505. The van der Waals surface area contributed by atoms with Gasteiger partial charge in [0.2, 0.25) is 0 Å². The highest BCUT2D eigenvalue weighted by molar-refractivity contribution is 14.1. The van der Waals surface area contributed by atoms with Gasteiger partial charge in [-0.05, 0) is 0 Å². The fraction of sp³-hybridized carbons (Fsp3) is 0. The van der Waals surface area contributed by atoms with E-state index in [1.54, 1.807) is 46.0 Å². The molecule has 3 N–H and O–H groups in total. The molecule has 44 valence electrons. The highest BCUT2D eigenvalue weighted by atomic mass is 127. The Balaban J connectivity index is 2.99. The van der Waals surface area contributed by atoms with Crippen LogP contribution in [-0.4, -0.2) is 5.39 Å². The van der Waals surface area contributed by atoms with Gasteiger partial charge in [0, 0.05) is 0 Å². The van der Waals surface area contributed by atoms with E-state index >= 15 is 0 Å². The zero-order valence-corrected chi connectivity index (χ0v) is 7.45. The molecule has 5 nitrogen and oxygen atoms in total. The van der Waals surface area contributed by atoms with Crippen LogP contribution in [0.2, 0.25) is 0 Å². The number of halogens is 2. The molecule has 0 spiro atoms. The predicted molar refractivity (Wildman–Crippen MR) is 36.0 cm³/mol. The summed E-state index contributed by atoms with van der Waals surface area (Å²) in [5.41, 5.74) is 0. The van der Waals surface area contributed by atoms with Gasteiger partial charge in [-0.2, -0.15) is 12.2 Å². The van der Waals surface area contributed by atoms with E-state index in [1.165, 1.54) is 0 Å². The molecule has 0 aromatic carbocycles. The van der Waals surface area contributed by atoms with Gasteiger partial charge in [-0.15, -0.1) is 0 Å². The Bertz CT molecular complexity index is 32.4. The third-order valence-electron chi connectivity index (χ3n) is 0.218. The summed E-state index contributed by atoms with van der Waals surface area (Å²) in [7, 11) is 0. The van der Waals surface area contributed by atoms with Crippen molar-refractivity contribution in [3.05, 3.63) is 0 Å². The summed E-state index contributed by atoms with van der Waals surface area (Å²) in [5, 5.41) is 0.737. The molecule has 0 unspecified atom stereocenters. The maximum absolute atomic E-state index is 4.34. The maximum atomic E-state index is 4.34. The Kier molecular flexibility index (Phi) is 6.37. The minimum atomic E-state index is 0.737. The van der Waals surface area contributed by atoms with Gasteiger partial charge < -0.3 is 0 Å². The minimum absolute atomic E-state index is 0.737. The summed E-state index contributed by atoms with van der Waals surface area (Å²) in [6.07, 6.45) is 0. The summed E-state index contributed by atoms with van der Waals surface area (Å²) in [6.45, 7) is 0. The molecule has 0 aliphatic carbocycles. The summed E-state index contributed by atoms with van der Waals surface area (Å²) in [6, 6.07) is 0. The van der Waals surface area contributed by atoms with Crippen molar-refractivity contribution in [3.8, 4) is 0 Å². The molecule has 0 amide bonds. The number of hydrogen-bond donors (Lipinski definition) is 1. The first-order chi connectivity index (χ1) is 3.35. The Labute approximate surface area is 68.3 Å². The number of nitrogens with zero attached hydrogens (tertiary/aromatic N) is 1. The van der Waals surface area contributed by atoms with E-state index in [0.717, 1.165) is 5.39 Å². The average molecular weight is 333 g/mol. The van der Waals surface area contributed by atoms with Gasteiger partial charge in [0.05, 0.1) is 0 Å². The summed E-state index contributed by atoms with van der Waals surface area (Å²) in [4.78, 5) is 4.17. The lowest BCUT2D eigenvalue weighted by Crippen LogP contribution is -2.54. The van der Waals surface area contributed by atoms with Crippen molar-refractivity contribution < 1.29 is 17.2 Å². The standard InChI is InChI=1S/H3I2N2O3/c1-5-4(6-2)7-3/h3H3/q+1. The smallest absolute Gasteiger partial charge is 0.150 e. The lowest BCUT2D eigenvalue weighted by atomic mass is 12.9. The van der Waals surface area contributed by atoms with Crippen LogP contribution in [0.25, 0.3) is 0 Å². The molecule has 0 aromatic heterocycles. The molecule has 0 fully saturated rings. The Morgan fingerprint density at radius 3 is 1.71 bits per heavy atom. The van der Waals surface area contributed by atoms with Gasteiger partial charge in [0.15, 0.2) is 0 Å². The molecular formula is H3I2N2O3+. The van der Waals surface area contributed by atoms with E-state index in [0.29, 0.717) is 0 Å². The number of quaternary nitrogens is 1. The van der Waals surface area contributed by atoms with Crippen LogP contribution in [0.5, 0.6) is 0 Å². The van der Waals surface area contributed by atoms with Crippen LogP contribution in [0.4, 0.5) is 0 Å². The van der Waals surface area contributed by atoms with Gasteiger partial charge in [-0.1, -0.05) is 4.94 Å². The number of rotatable bonds is 3. The molecule has 7 heavy (non-hydrogen) atoms. The van der Waals surface area contributed by atoms with Crippen LogP contribution >= 0.6 is 46.0 Å². The third kappa shape index (κ3) is 3.81. The Morgan fingerprint density at radius 1 is 1.29 bits per heavy atom. The second-order valence-electron chi connectivity index (χ2n) is 0.491. The quantitative estimate of drug-likeness (QED) is 0.581. The molecule has 0 atom stereocenters. The van der Waals surface area contributed by atoms with Gasteiger partial charge in [0.1, 0.15) is 51.4 Å². The highest BCUT2D eigenvalue weighted by Crippen LogP contribution is 1.99. The molecule has 0 rings (SSSR count). The number of hydrogen-bond acceptors (Lipinski definition) is 4. The molecule has 0 aromatic rings. The highest BCUT2D eigenvalue weighted by Gasteiger charge is 2.00. The normalized spacial score (nSPS) is 10.3. The van der Waals surface area contributed by atoms with Crippen molar-refractivity contribution in [2.24, 2.45) is 0 Å². The van der Waals surface area contributed by atoms with Crippen LogP contribution in [-0.2, 0) is 11.3 Å². The van der Waals surface area contributed by atoms with Crippen molar-refractivity contribution in [2.45, 2.75) is 0 Å². The van der Waals surface area contributed by atoms with Crippen molar-refractivity contribution in [3.63, 3.8) is 0 Å². The Hall–Kier alpha value is 1.26. The van der Waals surface area contributed by atoms with E-state index in [9.17, 15) is 0 Å². The average Bonchev–Trinajstić information content (AvgIpc) is 1.72. The third-order valence-corrected chi connectivity index (χ3v) is 0.861. The minimum Gasteiger partial charge on any atom is -0.187 e. The van der Waals surface area contributed by atoms with Crippen LogP contribution in [0.1, 0.15) is 0 Å². The van der Waals surface area contributed by atoms with Gasteiger partial charge in [-0.3, -0.25) is 0 Å². The topological polar surface area (TPSA) is 58.6 Å². The van der Waals surface area contributed by atoms with Crippen LogP contribution in [0, 0.1) is 0 Å². The van der Waals surface area contributed by atoms with Crippen LogP contribution in [0.3, 0.4) is 0 Å². The molecular weight excluding hydrogens is 330 g/mol. The van der Waals surface area contributed by atoms with Crippen molar-refractivity contribution >= 4 is 46.0 Å². The lowest BCUT2D eigenvalue weighted by molar-refractivity contribution is -0.804. The molecule has 0 saturated heterocycles. The second kappa shape index (κ2) is 5.40. The van der Waals surface area contributed by atoms with Gasteiger partial charge in [-0.25, -0.2) is 0 Å². The Morgan fingerprint density at radius 2 is 1.71 bits per heavy atom. The van der Waals surface area contributed by atoms with Crippen LogP contribution < -0.4 is 5.90 Å². The summed E-state index contributed by atoms with van der Waals surface area (Å²) in [5.74, 6) is 2.99. The van der Waals surface area contributed by atoms with Crippen molar-refractivity contribution in [1.29, 1.82) is 0 Å². The van der Waals surface area contributed by atoms with E-state index in [4.69, 9.17) is 0 Å². The summed E-state index contributed by atoms with van der Waals surface area (Å²) < 4.78 is 8.68. The van der Waals surface area contributed by atoms with Crippen molar-refractivity contribution in [1.82, 2.24) is 5.39 Å². The first kappa shape index (κ1) is 8.26. The van der Waals surface area contributed by atoms with E-state index < -0.39 is 0 Å². The molecule has 7 heteroatoms. The zero-order valence-electron chi connectivity index (χ0n) is 3.13. The first-order valence-electron chi connectivity index (χ1n) is 1.15. The lowest BCUT2D eigenvalue weighted by Gasteiger charge is -2.01. The molecule has 0 bridgehead atoms. The molecule has 0 saturated carbocycles. The fourth-order valence-corrected chi connectivity index (χ4v) is 0.746. The maximum Gasteiger partial charge on any atom is 0.150 e. The van der Waals surface area contributed by atoms with Gasteiger partial charge in [0.25, 0.3) is 0 Å². The van der Waals surface area contributed by atoms with Gasteiger partial charge >= 0.3 is 0 Å². The van der Waals surface area contributed by atoms with E-state index in [2.05, 4.69) is 17.2 Å². The van der Waals surface area contributed by atoms with E-state index in [1.807, 2.05) is 0 Å². The summed E-state index contributed by atoms with van der Waals surface area (Å²) >= 11 is 3.16. The zero-order chi connectivity index (χ0) is 5.70. The van der Waals surface area contributed by atoms with E-state index in [-0.39, 0.29) is 0 Å². The SMILES string of the molecule is [NH3+]ON(OI)OI.